The number of aryl methyl sites for hydroxylation is 2. The van der Waals surface area contributed by atoms with Crippen LogP contribution in [0.15, 0.2) is 18.2 Å². The fourth-order valence-electron chi connectivity index (χ4n) is 3.10. The average Bonchev–Trinajstić information content (AvgIpc) is 2.55. The van der Waals surface area contributed by atoms with Crippen molar-refractivity contribution in [2.24, 2.45) is 5.92 Å². The third-order valence-corrected chi connectivity index (χ3v) is 4.55. The summed E-state index contributed by atoms with van der Waals surface area (Å²) in [6.45, 7) is 10.6. The van der Waals surface area contributed by atoms with E-state index in [0.29, 0.717) is 18.9 Å². The third-order valence-electron chi connectivity index (χ3n) is 4.55. The zero-order chi connectivity index (χ0) is 16.7. The molecule has 0 aromatic heterocycles. The number of carbonyl (C=O) groups is 1. The Morgan fingerprint density at radius 3 is 2.70 bits per heavy atom. The first-order valence-corrected chi connectivity index (χ1v) is 8.78. The van der Waals surface area contributed by atoms with Gasteiger partial charge in [-0.3, -0.25) is 4.79 Å². The van der Waals surface area contributed by atoms with E-state index in [9.17, 15) is 4.79 Å². The first-order chi connectivity index (χ1) is 11.1. The highest BCUT2D eigenvalue weighted by Crippen LogP contribution is 2.20. The van der Waals surface area contributed by atoms with E-state index < -0.39 is 0 Å². The molecule has 128 valence electrons. The summed E-state index contributed by atoms with van der Waals surface area (Å²) in [5, 5.41) is 3.40. The molecule has 0 aliphatic carbocycles. The van der Waals surface area contributed by atoms with Crippen molar-refractivity contribution in [2.45, 2.75) is 40.0 Å². The Morgan fingerprint density at radius 1 is 1.30 bits per heavy atom. The zero-order valence-electron chi connectivity index (χ0n) is 14.7. The minimum Gasteiger partial charge on any atom is -0.493 e. The number of piperidine rings is 1. The molecule has 4 heteroatoms. The molecule has 0 radical (unpaired) electrons. The van der Waals surface area contributed by atoms with Gasteiger partial charge in [0.25, 0.3) is 0 Å². The molecule has 1 aromatic rings. The van der Waals surface area contributed by atoms with Gasteiger partial charge in [-0.15, -0.1) is 0 Å². The minimum absolute atomic E-state index is 0.219. The molecule has 2 rings (SSSR count). The van der Waals surface area contributed by atoms with Gasteiger partial charge >= 0.3 is 0 Å². The summed E-state index contributed by atoms with van der Waals surface area (Å²) in [5.41, 5.74) is 2.35. The quantitative estimate of drug-likeness (QED) is 0.840. The summed E-state index contributed by atoms with van der Waals surface area (Å²) < 4.78 is 5.77. The molecule has 0 atom stereocenters. The molecule has 1 aliphatic rings. The second-order valence-corrected chi connectivity index (χ2v) is 6.50. The van der Waals surface area contributed by atoms with E-state index in [1.807, 2.05) is 24.0 Å². The van der Waals surface area contributed by atoms with Crippen LogP contribution >= 0.6 is 0 Å². The van der Waals surface area contributed by atoms with Crippen LogP contribution in [-0.2, 0) is 4.79 Å². The summed E-state index contributed by atoms with van der Waals surface area (Å²) in [4.78, 5) is 14.3. The average molecular weight is 318 g/mol. The number of carbonyl (C=O) groups excluding carboxylic acids is 1. The monoisotopic (exact) mass is 318 g/mol. The maximum Gasteiger partial charge on any atom is 0.225 e. The number of likely N-dealkylation sites (tertiary alicyclic amines) is 1. The number of amides is 1. The molecular weight excluding hydrogens is 288 g/mol. The van der Waals surface area contributed by atoms with Crippen LogP contribution < -0.4 is 10.1 Å². The van der Waals surface area contributed by atoms with E-state index >= 15 is 0 Å². The highest BCUT2D eigenvalue weighted by Gasteiger charge is 2.22. The smallest absolute Gasteiger partial charge is 0.225 e. The van der Waals surface area contributed by atoms with Crippen LogP contribution in [0.1, 0.15) is 37.3 Å². The normalized spacial score (nSPS) is 15.7. The van der Waals surface area contributed by atoms with Crippen LogP contribution in [-0.4, -0.2) is 43.6 Å². The number of rotatable bonds is 7. The molecule has 1 fully saturated rings. The lowest BCUT2D eigenvalue weighted by atomic mass is 9.96. The second kappa shape index (κ2) is 8.92. The van der Waals surface area contributed by atoms with Crippen molar-refractivity contribution in [1.82, 2.24) is 10.2 Å². The molecular formula is C19H30N2O2. The van der Waals surface area contributed by atoms with Crippen LogP contribution in [0.4, 0.5) is 0 Å². The first kappa shape index (κ1) is 17.8. The fourth-order valence-corrected chi connectivity index (χ4v) is 3.10. The maximum atomic E-state index is 12.3. The molecule has 1 aliphatic heterocycles. The Bertz CT molecular complexity index is 508. The highest BCUT2D eigenvalue weighted by atomic mass is 16.5. The molecule has 0 unspecified atom stereocenters. The first-order valence-electron chi connectivity index (χ1n) is 8.78. The number of nitrogens with one attached hydrogen (secondary N) is 1. The molecule has 1 amide bonds. The van der Waals surface area contributed by atoms with Gasteiger partial charge in [-0.05, 0) is 57.3 Å². The van der Waals surface area contributed by atoms with E-state index in [1.165, 1.54) is 5.56 Å². The van der Waals surface area contributed by atoms with Gasteiger partial charge in [0.1, 0.15) is 5.75 Å². The van der Waals surface area contributed by atoms with Crippen molar-refractivity contribution in [3.8, 4) is 5.75 Å². The Morgan fingerprint density at radius 2 is 2.04 bits per heavy atom. The zero-order valence-corrected chi connectivity index (χ0v) is 14.7. The van der Waals surface area contributed by atoms with E-state index in [1.54, 1.807) is 0 Å². The lowest BCUT2D eigenvalue weighted by Crippen LogP contribution is -2.41. The van der Waals surface area contributed by atoms with Crippen molar-refractivity contribution in [2.75, 3.05) is 32.8 Å². The van der Waals surface area contributed by atoms with E-state index in [0.717, 1.165) is 50.3 Å². The molecule has 0 saturated carbocycles. The van der Waals surface area contributed by atoms with E-state index in [2.05, 4.69) is 25.2 Å². The van der Waals surface area contributed by atoms with Crippen LogP contribution in [0.3, 0.4) is 0 Å². The van der Waals surface area contributed by atoms with Gasteiger partial charge in [0, 0.05) is 13.1 Å². The van der Waals surface area contributed by atoms with Crippen molar-refractivity contribution in [3.05, 3.63) is 29.3 Å². The maximum absolute atomic E-state index is 12.3. The van der Waals surface area contributed by atoms with Crippen molar-refractivity contribution < 1.29 is 9.53 Å². The SMILES string of the molecule is CCNCC1CCN(C(=O)CCOc2ccc(C)cc2C)CC1. The number of nitrogens with zero attached hydrogens (tertiary/aromatic N) is 1. The lowest BCUT2D eigenvalue weighted by molar-refractivity contribution is -0.133. The Balaban J connectivity index is 1.69. The molecule has 1 saturated heterocycles. The molecule has 1 heterocycles. The van der Waals surface area contributed by atoms with Crippen LogP contribution in [0.25, 0.3) is 0 Å². The molecule has 4 nitrogen and oxygen atoms in total. The van der Waals surface area contributed by atoms with Gasteiger partial charge < -0.3 is 15.0 Å². The number of hydrogen-bond donors (Lipinski definition) is 1. The van der Waals surface area contributed by atoms with Gasteiger partial charge in [-0.25, -0.2) is 0 Å². The predicted octanol–water partition coefficient (Wildman–Crippen LogP) is 2.92. The molecule has 0 spiro atoms. The third kappa shape index (κ3) is 5.54. The summed E-state index contributed by atoms with van der Waals surface area (Å²) in [7, 11) is 0. The summed E-state index contributed by atoms with van der Waals surface area (Å²) >= 11 is 0. The topological polar surface area (TPSA) is 41.6 Å². The molecule has 23 heavy (non-hydrogen) atoms. The standard InChI is InChI=1S/C19H30N2O2/c1-4-20-14-17-7-10-21(11-8-17)19(22)9-12-23-18-6-5-15(2)13-16(18)3/h5-6,13,17,20H,4,7-12,14H2,1-3H3. The lowest BCUT2D eigenvalue weighted by Gasteiger charge is -2.32. The molecule has 1 aromatic carbocycles. The highest BCUT2D eigenvalue weighted by molar-refractivity contribution is 5.76. The van der Waals surface area contributed by atoms with Crippen molar-refractivity contribution >= 4 is 5.91 Å². The Hall–Kier alpha value is -1.55. The second-order valence-electron chi connectivity index (χ2n) is 6.50. The van der Waals surface area contributed by atoms with Crippen molar-refractivity contribution in [1.29, 1.82) is 0 Å². The van der Waals surface area contributed by atoms with Gasteiger partial charge in [0.05, 0.1) is 13.0 Å². The number of hydrogen-bond acceptors (Lipinski definition) is 3. The summed E-state index contributed by atoms with van der Waals surface area (Å²) in [6.07, 6.45) is 2.68. The number of benzene rings is 1. The summed E-state index contributed by atoms with van der Waals surface area (Å²) in [6, 6.07) is 6.13. The van der Waals surface area contributed by atoms with Gasteiger partial charge in [-0.2, -0.15) is 0 Å². The largest absolute Gasteiger partial charge is 0.493 e. The van der Waals surface area contributed by atoms with Crippen LogP contribution in [0.2, 0.25) is 0 Å². The number of ether oxygens (including phenoxy) is 1. The van der Waals surface area contributed by atoms with Gasteiger partial charge in [0.2, 0.25) is 5.91 Å². The molecule has 0 bridgehead atoms. The minimum atomic E-state index is 0.219. The summed E-state index contributed by atoms with van der Waals surface area (Å²) in [5.74, 6) is 1.81. The van der Waals surface area contributed by atoms with Crippen LogP contribution in [0, 0.1) is 19.8 Å². The predicted molar refractivity (Wildman–Crippen MR) is 93.9 cm³/mol. The van der Waals surface area contributed by atoms with Gasteiger partial charge in [0.15, 0.2) is 0 Å². The molecule has 1 N–H and O–H groups in total. The fraction of sp³-hybridized carbons (Fsp3) is 0.632. The van der Waals surface area contributed by atoms with E-state index in [-0.39, 0.29) is 5.91 Å². The van der Waals surface area contributed by atoms with Crippen LogP contribution in [0.5, 0.6) is 5.75 Å². The Kier molecular flexibility index (Phi) is 6.90. The van der Waals surface area contributed by atoms with Crippen molar-refractivity contribution in [3.63, 3.8) is 0 Å². The van der Waals surface area contributed by atoms with E-state index in [4.69, 9.17) is 4.74 Å². The Labute approximate surface area is 140 Å². The van der Waals surface area contributed by atoms with Gasteiger partial charge in [-0.1, -0.05) is 24.6 Å².